The van der Waals surface area contributed by atoms with E-state index in [2.05, 4.69) is 10.6 Å². The van der Waals surface area contributed by atoms with Crippen LogP contribution in [0.2, 0.25) is 0 Å². The van der Waals surface area contributed by atoms with Crippen LogP contribution in [0.5, 0.6) is 0 Å². The van der Waals surface area contributed by atoms with E-state index in [4.69, 9.17) is 5.11 Å². The van der Waals surface area contributed by atoms with Gasteiger partial charge >= 0.3 is 5.97 Å². The number of carboxylic acids is 1. The Hall–Kier alpha value is -1.88. The lowest BCUT2D eigenvalue weighted by molar-refractivity contribution is -0.141. The number of rotatable bonds is 5. The SMILES string of the molecule is CCC(CNC(=O)c1ccc2c(c1)CNC2)C(=O)O. The van der Waals surface area contributed by atoms with Crippen LogP contribution in [0, 0.1) is 5.92 Å². The maximum absolute atomic E-state index is 12.0. The summed E-state index contributed by atoms with van der Waals surface area (Å²) < 4.78 is 0. The normalized spacial score (nSPS) is 14.8. The third-order valence-electron chi connectivity index (χ3n) is 3.45. The zero-order valence-electron chi connectivity index (χ0n) is 10.9. The Morgan fingerprint density at radius 2 is 2.11 bits per heavy atom. The lowest BCUT2D eigenvalue weighted by Gasteiger charge is -2.11. The first-order valence-electron chi connectivity index (χ1n) is 6.45. The highest BCUT2D eigenvalue weighted by Crippen LogP contribution is 2.17. The summed E-state index contributed by atoms with van der Waals surface area (Å²) in [6.45, 7) is 3.59. The summed E-state index contributed by atoms with van der Waals surface area (Å²) in [5.74, 6) is -1.62. The fourth-order valence-electron chi connectivity index (χ4n) is 2.16. The van der Waals surface area contributed by atoms with Gasteiger partial charge in [-0.25, -0.2) is 0 Å². The molecule has 2 rings (SSSR count). The highest BCUT2D eigenvalue weighted by atomic mass is 16.4. The second-order valence-corrected chi connectivity index (χ2v) is 4.74. The van der Waals surface area contributed by atoms with Crippen molar-refractivity contribution in [3.8, 4) is 0 Å². The van der Waals surface area contributed by atoms with E-state index >= 15 is 0 Å². The van der Waals surface area contributed by atoms with E-state index in [1.807, 2.05) is 12.1 Å². The van der Waals surface area contributed by atoms with Gasteiger partial charge in [0.2, 0.25) is 0 Å². The summed E-state index contributed by atoms with van der Waals surface area (Å²) in [5.41, 5.74) is 2.94. The largest absolute Gasteiger partial charge is 0.481 e. The molecule has 1 amide bonds. The molecule has 0 fully saturated rings. The molecule has 0 radical (unpaired) electrons. The van der Waals surface area contributed by atoms with E-state index in [9.17, 15) is 9.59 Å². The first-order valence-corrected chi connectivity index (χ1v) is 6.45. The van der Waals surface area contributed by atoms with E-state index in [1.165, 1.54) is 5.56 Å². The predicted molar refractivity (Wildman–Crippen MR) is 70.7 cm³/mol. The standard InChI is InChI=1S/C14H18N2O3/c1-2-9(14(18)19)8-16-13(17)10-3-4-11-6-15-7-12(11)5-10/h3-5,9,15H,2,6-8H2,1H3,(H,16,17)(H,18,19). The smallest absolute Gasteiger partial charge is 0.308 e. The maximum Gasteiger partial charge on any atom is 0.308 e. The fourth-order valence-corrected chi connectivity index (χ4v) is 2.16. The first kappa shape index (κ1) is 13.5. The molecule has 1 heterocycles. The molecule has 0 spiro atoms. The Morgan fingerprint density at radius 3 is 2.79 bits per heavy atom. The highest BCUT2D eigenvalue weighted by molar-refractivity contribution is 5.94. The maximum atomic E-state index is 12.0. The molecule has 1 unspecified atom stereocenters. The molecular formula is C14H18N2O3. The molecule has 1 atom stereocenters. The van der Waals surface area contributed by atoms with Crippen LogP contribution in [0.1, 0.15) is 34.8 Å². The van der Waals surface area contributed by atoms with E-state index in [1.54, 1.807) is 13.0 Å². The monoisotopic (exact) mass is 262 g/mol. The minimum atomic E-state index is -0.874. The van der Waals surface area contributed by atoms with E-state index in [0.29, 0.717) is 12.0 Å². The topological polar surface area (TPSA) is 78.4 Å². The van der Waals surface area contributed by atoms with Crippen LogP contribution in [-0.2, 0) is 17.9 Å². The van der Waals surface area contributed by atoms with Gasteiger partial charge in [0.05, 0.1) is 5.92 Å². The quantitative estimate of drug-likeness (QED) is 0.743. The molecule has 1 aromatic rings. The molecule has 0 bridgehead atoms. The van der Waals surface area contributed by atoms with Gasteiger partial charge in [-0.2, -0.15) is 0 Å². The molecule has 5 heteroatoms. The van der Waals surface area contributed by atoms with Crippen molar-refractivity contribution >= 4 is 11.9 Å². The molecule has 19 heavy (non-hydrogen) atoms. The zero-order chi connectivity index (χ0) is 13.8. The lowest BCUT2D eigenvalue weighted by atomic mass is 10.0. The second kappa shape index (κ2) is 5.84. The minimum absolute atomic E-state index is 0.167. The zero-order valence-corrected chi connectivity index (χ0v) is 10.9. The Kier molecular flexibility index (Phi) is 4.16. The van der Waals surface area contributed by atoms with Crippen LogP contribution in [0.4, 0.5) is 0 Å². The van der Waals surface area contributed by atoms with Crippen molar-refractivity contribution < 1.29 is 14.7 Å². The van der Waals surface area contributed by atoms with Crippen LogP contribution in [0.15, 0.2) is 18.2 Å². The van der Waals surface area contributed by atoms with Gasteiger partial charge in [0, 0.05) is 25.2 Å². The van der Waals surface area contributed by atoms with Crippen molar-refractivity contribution in [2.24, 2.45) is 5.92 Å². The van der Waals surface area contributed by atoms with Crippen molar-refractivity contribution in [1.29, 1.82) is 0 Å². The van der Waals surface area contributed by atoms with Gasteiger partial charge in [0.25, 0.3) is 5.91 Å². The number of aliphatic carboxylic acids is 1. The van der Waals surface area contributed by atoms with Gasteiger partial charge in [-0.3, -0.25) is 9.59 Å². The summed E-state index contributed by atoms with van der Waals surface area (Å²) in [4.78, 5) is 22.8. The average Bonchev–Trinajstić information content (AvgIpc) is 2.85. The number of fused-ring (bicyclic) bond motifs is 1. The average molecular weight is 262 g/mol. The first-order chi connectivity index (χ1) is 9.11. The van der Waals surface area contributed by atoms with Crippen molar-refractivity contribution in [3.05, 3.63) is 34.9 Å². The number of nitrogens with one attached hydrogen (secondary N) is 2. The summed E-state index contributed by atoms with van der Waals surface area (Å²) in [6, 6.07) is 5.59. The van der Waals surface area contributed by atoms with Gasteiger partial charge in [0.1, 0.15) is 0 Å². The van der Waals surface area contributed by atoms with Gasteiger partial charge in [-0.15, -0.1) is 0 Å². The number of amides is 1. The molecule has 3 N–H and O–H groups in total. The van der Waals surface area contributed by atoms with Crippen molar-refractivity contribution in [3.63, 3.8) is 0 Å². The van der Waals surface area contributed by atoms with Gasteiger partial charge < -0.3 is 15.7 Å². The predicted octanol–water partition coefficient (Wildman–Crippen LogP) is 1.13. The number of carbonyl (C=O) groups is 2. The Labute approximate surface area is 112 Å². The Balaban J connectivity index is 1.98. The highest BCUT2D eigenvalue weighted by Gasteiger charge is 2.17. The van der Waals surface area contributed by atoms with Gasteiger partial charge in [-0.05, 0) is 29.7 Å². The van der Waals surface area contributed by atoms with Crippen LogP contribution >= 0.6 is 0 Å². The number of carboxylic acid groups (broad SMARTS) is 1. The molecule has 0 saturated heterocycles. The molecule has 5 nitrogen and oxygen atoms in total. The number of benzene rings is 1. The van der Waals surface area contributed by atoms with Crippen LogP contribution in [0.3, 0.4) is 0 Å². The second-order valence-electron chi connectivity index (χ2n) is 4.74. The number of hydrogen-bond donors (Lipinski definition) is 3. The van der Waals surface area contributed by atoms with E-state index in [0.717, 1.165) is 18.7 Å². The molecule has 1 aliphatic heterocycles. The molecule has 0 saturated carbocycles. The summed E-state index contributed by atoms with van der Waals surface area (Å²) in [5, 5.41) is 14.8. The molecule has 0 aromatic heterocycles. The van der Waals surface area contributed by atoms with Gasteiger partial charge in [-0.1, -0.05) is 13.0 Å². The molecular weight excluding hydrogens is 244 g/mol. The fraction of sp³-hybridized carbons (Fsp3) is 0.429. The molecule has 1 aliphatic rings. The van der Waals surface area contributed by atoms with Crippen LogP contribution in [0.25, 0.3) is 0 Å². The molecule has 1 aromatic carbocycles. The number of hydrogen-bond acceptors (Lipinski definition) is 3. The molecule has 102 valence electrons. The number of carbonyl (C=O) groups excluding carboxylic acids is 1. The van der Waals surface area contributed by atoms with Crippen molar-refractivity contribution in [2.75, 3.05) is 6.54 Å². The third-order valence-corrected chi connectivity index (χ3v) is 3.45. The lowest BCUT2D eigenvalue weighted by Crippen LogP contribution is -2.32. The van der Waals surface area contributed by atoms with E-state index in [-0.39, 0.29) is 12.5 Å². The van der Waals surface area contributed by atoms with E-state index < -0.39 is 11.9 Å². The van der Waals surface area contributed by atoms with Crippen molar-refractivity contribution in [2.45, 2.75) is 26.4 Å². The van der Waals surface area contributed by atoms with Crippen LogP contribution < -0.4 is 10.6 Å². The van der Waals surface area contributed by atoms with Gasteiger partial charge in [0.15, 0.2) is 0 Å². The summed E-state index contributed by atoms with van der Waals surface area (Å²) >= 11 is 0. The minimum Gasteiger partial charge on any atom is -0.481 e. The van der Waals surface area contributed by atoms with Crippen LogP contribution in [-0.4, -0.2) is 23.5 Å². The third kappa shape index (κ3) is 3.12. The summed E-state index contributed by atoms with van der Waals surface area (Å²) in [7, 11) is 0. The summed E-state index contributed by atoms with van der Waals surface area (Å²) in [6.07, 6.45) is 0.504. The Morgan fingerprint density at radius 1 is 1.37 bits per heavy atom. The Bertz CT molecular complexity index is 499. The molecule has 0 aliphatic carbocycles. The van der Waals surface area contributed by atoms with Crippen molar-refractivity contribution in [1.82, 2.24) is 10.6 Å².